The molecular formula is C32H35FN6O3. The third-order valence-electron chi connectivity index (χ3n) is 7.57. The van der Waals surface area contributed by atoms with Gasteiger partial charge in [0.25, 0.3) is 5.91 Å². The second-order valence-corrected chi connectivity index (χ2v) is 10.4. The molecule has 5 rings (SSSR count). The molecule has 218 valence electrons. The predicted molar refractivity (Wildman–Crippen MR) is 158 cm³/mol. The van der Waals surface area contributed by atoms with E-state index in [2.05, 4.69) is 15.2 Å². The number of halogens is 1. The molecule has 4 aromatic rings. The molecule has 1 aliphatic heterocycles. The SMILES string of the molecule is COc1cccc(-n2nnc(C(=O)N3CCN(Cc4ccc(F)cc4)CCCN(C(C)=O)c4ccccc4C3)c2C)c1. The number of benzene rings is 3. The summed E-state index contributed by atoms with van der Waals surface area (Å²) in [6, 6.07) is 21.6. The third kappa shape index (κ3) is 6.49. The lowest BCUT2D eigenvalue weighted by atomic mass is 10.1. The first-order valence-electron chi connectivity index (χ1n) is 14.0. The zero-order chi connectivity index (χ0) is 29.6. The van der Waals surface area contributed by atoms with Crippen molar-refractivity contribution in [3.8, 4) is 11.4 Å². The first-order chi connectivity index (χ1) is 20.3. The van der Waals surface area contributed by atoms with E-state index in [0.29, 0.717) is 50.7 Å². The molecule has 42 heavy (non-hydrogen) atoms. The Labute approximate surface area is 245 Å². The van der Waals surface area contributed by atoms with Gasteiger partial charge >= 0.3 is 0 Å². The van der Waals surface area contributed by atoms with Crippen LogP contribution in [0.4, 0.5) is 10.1 Å². The quantitative estimate of drug-likeness (QED) is 0.348. The summed E-state index contributed by atoms with van der Waals surface area (Å²) < 4.78 is 20.5. The minimum absolute atomic E-state index is 0.0539. The van der Waals surface area contributed by atoms with Crippen molar-refractivity contribution in [2.45, 2.75) is 33.4 Å². The van der Waals surface area contributed by atoms with E-state index in [0.717, 1.165) is 28.9 Å². The van der Waals surface area contributed by atoms with Crippen LogP contribution in [-0.2, 0) is 17.9 Å². The molecule has 0 spiro atoms. The minimum Gasteiger partial charge on any atom is -0.497 e. The Hall–Kier alpha value is -4.57. The summed E-state index contributed by atoms with van der Waals surface area (Å²) in [6.45, 7) is 6.56. The van der Waals surface area contributed by atoms with Crippen molar-refractivity contribution in [1.82, 2.24) is 24.8 Å². The van der Waals surface area contributed by atoms with E-state index in [1.54, 1.807) is 40.6 Å². The van der Waals surface area contributed by atoms with Crippen LogP contribution in [0.25, 0.3) is 5.69 Å². The monoisotopic (exact) mass is 570 g/mol. The molecule has 2 heterocycles. The van der Waals surface area contributed by atoms with Gasteiger partial charge in [-0.3, -0.25) is 14.5 Å². The van der Waals surface area contributed by atoms with Gasteiger partial charge < -0.3 is 14.5 Å². The number of para-hydroxylation sites is 1. The Morgan fingerprint density at radius 3 is 2.50 bits per heavy atom. The molecule has 10 heteroatoms. The van der Waals surface area contributed by atoms with Gasteiger partial charge in [0, 0.05) is 57.9 Å². The second kappa shape index (κ2) is 12.9. The second-order valence-electron chi connectivity index (χ2n) is 10.4. The summed E-state index contributed by atoms with van der Waals surface area (Å²) in [4.78, 5) is 32.6. The maximum Gasteiger partial charge on any atom is 0.276 e. The number of amides is 2. The van der Waals surface area contributed by atoms with Crippen LogP contribution in [0.15, 0.2) is 72.8 Å². The van der Waals surface area contributed by atoms with Crippen LogP contribution >= 0.6 is 0 Å². The normalized spacial score (nSPS) is 14.7. The Kier molecular flexibility index (Phi) is 8.92. The van der Waals surface area contributed by atoms with Gasteiger partial charge in [-0.15, -0.1) is 5.10 Å². The van der Waals surface area contributed by atoms with Crippen LogP contribution in [0.1, 0.15) is 40.7 Å². The van der Waals surface area contributed by atoms with Crippen molar-refractivity contribution in [2.75, 3.05) is 38.2 Å². The summed E-state index contributed by atoms with van der Waals surface area (Å²) in [6.07, 6.45) is 0.747. The van der Waals surface area contributed by atoms with Crippen molar-refractivity contribution in [2.24, 2.45) is 0 Å². The average Bonchev–Trinajstić information content (AvgIpc) is 3.37. The van der Waals surface area contributed by atoms with Crippen LogP contribution < -0.4 is 9.64 Å². The fourth-order valence-corrected chi connectivity index (χ4v) is 5.31. The lowest BCUT2D eigenvalue weighted by Crippen LogP contribution is -2.39. The molecule has 1 aromatic heterocycles. The summed E-state index contributed by atoms with van der Waals surface area (Å²) in [5.74, 6) is 0.101. The van der Waals surface area contributed by atoms with Crippen LogP contribution in [0.3, 0.4) is 0 Å². The highest BCUT2D eigenvalue weighted by molar-refractivity contribution is 5.94. The Balaban J connectivity index is 1.48. The first-order valence-corrected chi connectivity index (χ1v) is 14.0. The van der Waals surface area contributed by atoms with E-state index in [9.17, 15) is 14.0 Å². The molecule has 0 radical (unpaired) electrons. The maximum absolute atomic E-state index is 14.1. The number of nitrogens with zero attached hydrogens (tertiary/aromatic N) is 6. The molecule has 0 bridgehead atoms. The fourth-order valence-electron chi connectivity index (χ4n) is 5.31. The number of aromatic nitrogens is 3. The molecule has 9 nitrogen and oxygen atoms in total. The number of carbonyl (C=O) groups is 2. The highest BCUT2D eigenvalue weighted by Gasteiger charge is 2.26. The van der Waals surface area contributed by atoms with Crippen LogP contribution in [0.5, 0.6) is 5.75 Å². The van der Waals surface area contributed by atoms with Crippen molar-refractivity contribution in [1.29, 1.82) is 0 Å². The van der Waals surface area contributed by atoms with Gasteiger partial charge in [0.2, 0.25) is 5.91 Å². The van der Waals surface area contributed by atoms with E-state index in [1.807, 2.05) is 55.5 Å². The lowest BCUT2D eigenvalue weighted by Gasteiger charge is -2.27. The number of methoxy groups -OCH3 is 1. The number of anilines is 1. The molecular weight excluding hydrogens is 535 g/mol. The summed E-state index contributed by atoms with van der Waals surface area (Å²) in [5.41, 5.74) is 4.28. The number of fused-ring (bicyclic) bond motifs is 1. The molecule has 0 saturated carbocycles. The zero-order valence-electron chi connectivity index (χ0n) is 24.2. The number of hydrogen-bond donors (Lipinski definition) is 0. The fraction of sp³-hybridized carbons (Fsp3) is 0.312. The third-order valence-corrected chi connectivity index (χ3v) is 7.57. The van der Waals surface area contributed by atoms with Gasteiger partial charge in [0.15, 0.2) is 5.69 Å². The van der Waals surface area contributed by atoms with Gasteiger partial charge in [-0.25, -0.2) is 9.07 Å². The molecule has 0 fully saturated rings. The number of ether oxygens (including phenoxy) is 1. The molecule has 0 N–H and O–H groups in total. The smallest absolute Gasteiger partial charge is 0.276 e. The zero-order valence-corrected chi connectivity index (χ0v) is 24.2. The van der Waals surface area contributed by atoms with E-state index < -0.39 is 0 Å². The maximum atomic E-state index is 14.1. The minimum atomic E-state index is -0.278. The van der Waals surface area contributed by atoms with Gasteiger partial charge in [-0.1, -0.05) is 41.6 Å². The standard InChI is InChI=1S/C32H35FN6O3/c1-23-31(34-35-39(23)28-9-6-10-29(20-28)42-3)32(41)37-19-18-36(21-25-12-14-27(33)15-13-25)16-7-17-38(24(2)40)30-11-5-4-8-26(30)22-37/h4-6,8-15,20H,7,16-19,21-22H2,1-3H3. The molecule has 0 unspecified atom stereocenters. The largest absolute Gasteiger partial charge is 0.497 e. The van der Waals surface area contributed by atoms with Gasteiger partial charge in [-0.2, -0.15) is 0 Å². The summed E-state index contributed by atoms with van der Waals surface area (Å²) in [5, 5.41) is 8.59. The van der Waals surface area contributed by atoms with Crippen LogP contribution in [0.2, 0.25) is 0 Å². The molecule has 0 aliphatic carbocycles. The number of rotatable bonds is 5. The summed E-state index contributed by atoms with van der Waals surface area (Å²) >= 11 is 0. The van der Waals surface area contributed by atoms with Gasteiger partial charge in [0.05, 0.1) is 18.5 Å². The number of carbonyl (C=O) groups excluding carboxylic acids is 2. The Bertz CT molecular complexity index is 1550. The molecule has 0 saturated heterocycles. The molecule has 3 aromatic carbocycles. The van der Waals surface area contributed by atoms with Crippen LogP contribution in [0, 0.1) is 12.7 Å². The average molecular weight is 571 g/mol. The Morgan fingerprint density at radius 1 is 0.952 bits per heavy atom. The number of hydrogen-bond acceptors (Lipinski definition) is 6. The van der Waals surface area contributed by atoms with E-state index in [-0.39, 0.29) is 23.3 Å². The van der Waals surface area contributed by atoms with E-state index in [1.165, 1.54) is 12.1 Å². The van der Waals surface area contributed by atoms with Gasteiger partial charge in [0.1, 0.15) is 11.6 Å². The Morgan fingerprint density at radius 2 is 1.74 bits per heavy atom. The topological polar surface area (TPSA) is 83.8 Å². The first kappa shape index (κ1) is 28.9. The van der Waals surface area contributed by atoms with Crippen molar-refractivity contribution >= 4 is 17.5 Å². The predicted octanol–water partition coefficient (Wildman–Crippen LogP) is 4.62. The summed E-state index contributed by atoms with van der Waals surface area (Å²) in [7, 11) is 1.60. The highest BCUT2D eigenvalue weighted by atomic mass is 19.1. The highest BCUT2D eigenvalue weighted by Crippen LogP contribution is 2.25. The lowest BCUT2D eigenvalue weighted by molar-refractivity contribution is -0.116. The van der Waals surface area contributed by atoms with Crippen molar-refractivity contribution in [3.63, 3.8) is 0 Å². The molecule has 2 amide bonds. The van der Waals surface area contributed by atoms with E-state index in [4.69, 9.17) is 4.74 Å². The van der Waals surface area contributed by atoms with E-state index >= 15 is 0 Å². The molecule has 0 atom stereocenters. The van der Waals surface area contributed by atoms with Crippen molar-refractivity contribution < 1.29 is 18.7 Å². The molecule has 1 aliphatic rings. The van der Waals surface area contributed by atoms with Gasteiger partial charge in [-0.05, 0) is 54.8 Å². The van der Waals surface area contributed by atoms with Crippen LogP contribution in [-0.4, -0.2) is 69.9 Å². The van der Waals surface area contributed by atoms with Crippen molar-refractivity contribution in [3.05, 3.63) is 101 Å².